The van der Waals surface area contributed by atoms with Gasteiger partial charge in [0.05, 0.1) is 33.7 Å². The molecule has 0 saturated heterocycles. The van der Waals surface area contributed by atoms with Crippen molar-refractivity contribution in [1.82, 2.24) is 9.55 Å². The minimum atomic E-state index is -0.418. The van der Waals surface area contributed by atoms with Crippen molar-refractivity contribution < 1.29 is 23.7 Å². The number of hydrogen-bond donors (Lipinski definition) is 0. The van der Waals surface area contributed by atoms with E-state index in [-0.39, 0.29) is 34.6 Å². The fourth-order valence-electron chi connectivity index (χ4n) is 5.37. The molecule has 0 N–H and O–H groups in total. The van der Waals surface area contributed by atoms with Gasteiger partial charge in [0.25, 0.3) is 5.56 Å². The number of rotatable bonds is 7. The van der Waals surface area contributed by atoms with E-state index < -0.39 is 5.97 Å². The Labute approximate surface area is 232 Å². The second kappa shape index (κ2) is 11.2. The Hall–Kier alpha value is -2.63. The van der Waals surface area contributed by atoms with E-state index in [1.807, 2.05) is 36.4 Å². The highest BCUT2D eigenvalue weighted by molar-refractivity contribution is 9.09. The van der Waals surface area contributed by atoms with Crippen LogP contribution >= 0.6 is 27.3 Å². The molecular weight excluding hydrogens is 572 g/mol. The quantitative estimate of drug-likeness (QED) is 0.170. The normalized spacial score (nSPS) is 23.7. The Morgan fingerprint density at radius 2 is 1.79 bits per heavy atom. The molecule has 0 radical (unpaired) electrons. The predicted molar refractivity (Wildman–Crippen MR) is 151 cm³/mol. The van der Waals surface area contributed by atoms with Crippen molar-refractivity contribution in [2.75, 3.05) is 21.3 Å². The number of benzene rings is 2. The maximum atomic E-state index is 14.3. The van der Waals surface area contributed by atoms with Gasteiger partial charge in [0.1, 0.15) is 22.5 Å². The molecule has 1 saturated carbocycles. The van der Waals surface area contributed by atoms with Gasteiger partial charge in [0.15, 0.2) is 0 Å². The second-order valence-electron chi connectivity index (χ2n) is 9.32. The first kappa shape index (κ1) is 27.0. The molecule has 0 amide bonds. The number of nitrogens with zero attached hydrogens (tertiary/aromatic N) is 2. The Bertz CT molecular complexity index is 1520. The summed E-state index contributed by atoms with van der Waals surface area (Å²) in [5.41, 5.74) is 0.844. The molecule has 0 spiro atoms. The molecule has 1 aliphatic carbocycles. The van der Waals surface area contributed by atoms with Crippen LogP contribution in [0, 0.1) is 0 Å². The highest BCUT2D eigenvalue weighted by atomic mass is 79.9. The van der Waals surface area contributed by atoms with Gasteiger partial charge in [-0.1, -0.05) is 58.4 Å². The molecule has 5 rings (SSSR count). The summed E-state index contributed by atoms with van der Waals surface area (Å²) >= 11 is 5.22. The third kappa shape index (κ3) is 4.80. The number of ether oxygens (including phenoxy) is 4. The number of halogens is 1. The van der Waals surface area contributed by atoms with Crippen LogP contribution in [0.1, 0.15) is 30.7 Å². The van der Waals surface area contributed by atoms with Crippen LogP contribution in [0.5, 0.6) is 5.75 Å². The maximum Gasteiger partial charge on any atom is 0.308 e. The van der Waals surface area contributed by atoms with E-state index in [2.05, 4.69) is 15.9 Å². The van der Waals surface area contributed by atoms with Gasteiger partial charge in [-0.2, -0.15) is 0 Å². The molecule has 1 aliphatic rings. The first-order chi connectivity index (χ1) is 18.4. The molecule has 5 atom stereocenters. The van der Waals surface area contributed by atoms with Crippen LogP contribution in [0.4, 0.5) is 0 Å². The number of alkyl halides is 1. The zero-order chi connectivity index (χ0) is 27.0. The highest BCUT2D eigenvalue weighted by Crippen LogP contribution is 2.42. The predicted octanol–water partition coefficient (Wildman–Crippen LogP) is 4.88. The van der Waals surface area contributed by atoms with Crippen molar-refractivity contribution in [3.8, 4) is 5.75 Å². The SMILES string of the molecule is COC1CC(c2nc3sc4c(OC(C)=O)cccc4c3c(=O)n2Cc2ccccc2)[C@@H](Br)C(OC)C1OC. The number of carbonyl (C=O) groups excluding carboxylic acids is 1. The molecule has 0 bridgehead atoms. The van der Waals surface area contributed by atoms with Crippen molar-refractivity contribution >= 4 is 53.5 Å². The fraction of sp³-hybridized carbons (Fsp3) is 0.393. The minimum absolute atomic E-state index is 0.142. The fourth-order valence-corrected chi connectivity index (χ4v) is 7.46. The van der Waals surface area contributed by atoms with Crippen LogP contribution in [0.15, 0.2) is 53.3 Å². The standard InChI is InChI=1S/C28H29BrN2O6S/c1-15(32)37-19-12-8-11-17-21-27(38-25(17)19)30-26(31(28(21)33)14-16-9-6-5-7-10-16)18-13-20(34-2)23(35-3)24(36-4)22(18)29/h5-12,18,20,22-24H,13-14H2,1-4H3/t18?,20?,22-,23?,24?/m1/s1. The number of carbonyl (C=O) groups is 1. The summed E-state index contributed by atoms with van der Waals surface area (Å²) in [6.45, 7) is 1.72. The zero-order valence-corrected chi connectivity index (χ0v) is 24.0. The largest absolute Gasteiger partial charge is 0.425 e. The molecule has 4 unspecified atom stereocenters. The molecule has 4 aromatic rings. The third-order valence-corrected chi connectivity index (χ3v) is 9.38. The lowest BCUT2D eigenvalue weighted by Crippen LogP contribution is -2.53. The molecule has 200 valence electrons. The van der Waals surface area contributed by atoms with Gasteiger partial charge in [-0.3, -0.25) is 14.2 Å². The Morgan fingerprint density at radius 3 is 2.45 bits per heavy atom. The van der Waals surface area contributed by atoms with Gasteiger partial charge in [-0.05, 0) is 18.1 Å². The summed E-state index contributed by atoms with van der Waals surface area (Å²) in [5, 5.41) is 1.24. The topological polar surface area (TPSA) is 88.9 Å². The van der Waals surface area contributed by atoms with E-state index >= 15 is 0 Å². The van der Waals surface area contributed by atoms with Gasteiger partial charge < -0.3 is 18.9 Å². The summed E-state index contributed by atoms with van der Waals surface area (Å²) in [6.07, 6.45) is -0.264. The summed E-state index contributed by atoms with van der Waals surface area (Å²) in [6, 6.07) is 15.2. The molecule has 2 aromatic heterocycles. The van der Waals surface area contributed by atoms with Crippen LogP contribution in [-0.4, -0.2) is 60.0 Å². The number of aromatic nitrogens is 2. The molecule has 8 nitrogen and oxygen atoms in total. The van der Waals surface area contributed by atoms with Crippen molar-refractivity contribution in [2.45, 2.75) is 48.9 Å². The first-order valence-electron chi connectivity index (χ1n) is 12.3. The van der Waals surface area contributed by atoms with Crippen LogP contribution in [-0.2, 0) is 25.5 Å². The average molecular weight is 602 g/mol. The van der Waals surface area contributed by atoms with Crippen molar-refractivity contribution in [3.63, 3.8) is 0 Å². The molecule has 10 heteroatoms. The third-order valence-electron chi connectivity index (χ3n) is 7.10. The summed E-state index contributed by atoms with van der Waals surface area (Å²) < 4.78 is 25.3. The highest BCUT2D eigenvalue weighted by Gasteiger charge is 2.47. The second-order valence-corrected chi connectivity index (χ2v) is 11.4. The van der Waals surface area contributed by atoms with E-state index in [1.165, 1.54) is 18.3 Å². The average Bonchev–Trinajstić information content (AvgIpc) is 3.30. The number of fused-ring (bicyclic) bond motifs is 3. The smallest absolute Gasteiger partial charge is 0.308 e. The van der Waals surface area contributed by atoms with Gasteiger partial charge in [-0.15, -0.1) is 11.3 Å². The van der Waals surface area contributed by atoms with Crippen molar-refractivity contribution in [1.29, 1.82) is 0 Å². The van der Waals surface area contributed by atoms with Gasteiger partial charge in [-0.25, -0.2) is 4.98 Å². The number of methoxy groups -OCH3 is 3. The number of esters is 1. The van der Waals surface area contributed by atoms with Crippen molar-refractivity contribution in [2.24, 2.45) is 0 Å². The zero-order valence-electron chi connectivity index (χ0n) is 21.5. The Kier molecular flexibility index (Phi) is 7.97. The van der Waals surface area contributed by atoms with E-state index in [0.717, 1.165) is 10.9 Å². The number of hydrogen-bond acceptors (Lipinski definition) is 8. The molecule has 2 aromatic carbocycles. The van der Waals surface area contributed by atoms with Gasteiger partial charge in [0.2, 0.25) is 0 Å². The van der Waals surface area contributed by atoms with Crippen LogP contribution in [0.25, 0.3) is 20.3 Å². The van der Waals surface area contributed by atoms with Gasteiger partial charge >= 0.3 is 5.97 Å². The lowest BCUT2D eigenvalue weighted by atomic mass is 9.82. The molecule has 0 aliphatic heterocycles. The lowest BCUT2D eigenvalue weighted by Gasteiger charge is -2.43. The van der Waals surface area contributed by atoms with Crippen LogP contribution in [0.2, 0.25) is 0 Å². The van der Waals surface area contributed by atoms with Crippen LogP contribution < -0.4 is 10.3 Å². The first-order valence-corrected chi connectivity index (χ1v) is 14.0. The molecule has 1 fully saturated rings. The monoisotopic (exact) mass is 600 g/mol. The Morgan fingerprint density at radius 1 is 1.05 bits per heavy atom. The summed E-state index contributed by atoms with van der Waals surface area (Å²) in [4.78, 5) is 31.5. The van der Waals surface area contributed by atoms with Gasteiger partial charge in [0, 0.05) is 39.6 Å². The summed E-state index contributed by atoms with van der Waals surface area (Å²) in [7, 11) is 4.96. The summed E-state index contributed by atoms with van der Waals surface area (Å²) in [5.74, 6) is 0.451. The minimum Gasteiger partial charge on any atom is -0.425 e. The van der Waals surface area contributed by atoms with E-state index in [0.29, 0.717) is 39.5 Å². The molecular formula is C28H29BrN2O6S. The number of thiophene rings is 1. The van der Waals surface area contributed by atoms with Crippen molar-refractivity contribution in [3.05, 3.63) is 70.3 Å². The van der Waals surface area contributed by atoms with E-state index in [4.69, 9.17) is 23.9 Å². The van der Waals surface area contributed by atoms with E-state index in [1.54, 1.807) is 38.0 Å². The van der Waals surface area contributed by atoms with E-state index in [9.17, 15) is 9.59 Å². The molecule has 2 heterocycles. The Balaban J connectivity index is 1.75. The molecule has 38 heavy (non-hydrogen) atoms. The lowest BCUT2D eigenvalue weighted by molar-refractivity contribution is -0.131. The maximum absolute atomic E-state index is 14.3. The van der Waals surface area contributed by atoms with Crippen LogP contribution in [0.3, 0.4) is 0 Å².